The predicted molar refractivity (Wildman–Crippen MR) is 113 cm³/mol. The Balaban J connectivity index is 2.43. The highest BCUT2D eigenvalue weighted by Gasteiger charge is 2.40. The van der Waals surface area contributed by atoms with Gasteiger partial charge in [0.25, 0.3) is 0 Å². The molecule has 0 aliphatic rings. The molecule has 0 bridgehead atoms. The molecule has 156 valence electrons. The van der Waals surface area contributed by atoms with Crippen molar-refractivity contribution < 1.29 is 28.4 Å². The van der Waals surface area contributed by atoms with E-state index in [1.165, 1.54) is 14.2 Å². The van der Waals surface area contributed by atoms with Crippen molar-refractivity contribution >= 4 is 23.9 Å². The van der Waals surface area contributed by atoms with Crippen LogP contribution in [0.25, 0.3) is 0 Å². The standard InChI is InChI=1S/C22H27O6P/c1-4-5-9-15-28-20(23)16-29(25,17-11-7-6-8-12-17)22(24)21-18(26-2)13-10-14-19(21)27-3/h6-8,10-14H,4-5,9,15-16H2,1-3H3. The lowest BCUT2D eigenvalue weighted by atomic mass is 10.2. The van der Waals surface area contributed by atoms with Crippen LogP contribution in [0.5, 0.6) is 11.5 Å². The molecule has 0 N–H and O–H groups in total. The molecule has 0 fully saturated rings. The second-order valence-electron chi connectivity index (χ2n) is 6.50. The van der Waals surface area contributed by atoms with Crippen LogP contribution in [0.15, 0.2) is 48.5 Å². The molecule has 0 aliphatic heterocycles. The monoisotopic (exact) mass is 418 g/mol. The van der Waals surface area contributed by atoms with Gasteiger partial charge in [0.15, 0.2) is 7.14 Å². The number of ether oxygens (including phenoxy) is 3. The average Bonchev–Trinajstić information content (AvgIpc) is 2.76. The lowest BCUT2D eigenvalue weighted by molar-refractivity contribution is -0.140. The van der Waals surface area contributed by atoms with Gasteiger partial charge >= 0.3 is 5.97 Å². The fourth-order valence-electron chi connectivity index (χ4n) is 2.96. The van der Waals surface area contributed by atoms with Gasteiger partial charge in [0.2, 0.25) is 5.52 Å². The molecule has 1 atom stereocenters. The van der Waals surface area contributed by atoms with E-state index in [4.69, 9.17) is 14.2 Å². The van der Waals surface area contributed by atoms with Crippen molar-refractivity contribution in [1.29, 1.82) is 0 Å². The number of carbonyl (C=O) groups excluding carboxylic acids is 2. The number of unbranched alkanes of at least 4 members (excludes halogenated alkanes) is 2. The average molecular weight is 418 g/mol. The number of rotatable bonds is 11. The van der Waals surface area contributed by atoms with Crippen LogP contribution in [0.2, 0.25) is 0 Å². The quantitative estimate of drug-likeness (QED) is 0.308. The second kappa shape index (κ2) is 10.8. The predicted octanol–water partition coefficient (Wildman–Crippen LogP) is 4.27. The van der Waals surface area contributed by atoms with Crippen LogP contribution in [0, 0.1) is 0 Å². The van der Waals surface area contributed by atoms with E-state index in [1.54, 1.807) is 48.5 Å². The molecule has 0 aliphatic carbocycles. The number of carbonyl (C=O) groups is 2. The molecule has 0 aromatic heterocycles. The summed E-state index contributed by atoms with van der Waals surface area (Å²) >= 11 is 0. The molecule has 0 amide bonds. The first kappa shape index (κ1) is 22.7. The number of hydrogen-bond donors (Lipinski definition) is 0. The zero-order valence-electron chi connectivity index (χ0n) is 17.1. The Morgan fingerprint density at radius 2 is 1.52 bits per heavy atom. The van der Waals surface area contributed by atoms with Crippen LogP contribution in [0.4, 0.5) is 0 Å². The van der Waals surface area contributed by atoms with E-state index >= 15 is 0 Å². The highest BCUT2D eigenvalue weighted by molar-refractivity contribution is 7.88. The van der Waals surface area contributed by atoms with Crippen LogP contribution >= 0.6 is 7.14 Å². The van der Waals surface area contributed by atoms with Crippen molar-refractivity contribution in [2.45, 2.75) is 26.2 Å². The zero-order chi connectivity index (χ0) is 21.3. The summed E-state index contributed by atoms with van der Waals surface area (Å²) in [7, 11) is -1.01. The Morgan fingerprint density at radius 3 is 2.07 bits per heavy atom. The third-order valence-corrected chi connectivity index (χ3v) is 7.22. The summed E-state index contributed by atoms with van der Waals surface area (Å²) in [5.41, 5.74) is -0.632. The molecule has 0 heterocycles. The van der Waals surface area contributed by atoms with Crippen LogP contribution in [0.1, 0.15) is 36.5 Å². The zero-order valence-corrected chi connectivity index (χ0v) is 17.9. The first-order valence-corrected chi connectivity index (χ1v) is 11.4. The molecule has 2 aromatic carbocycles. The second-order valence-corrected chi connectivity index (χ2v) is 9.22. The van der Waals surface area contributed by atoms with Gasteiger partial charge in [-0.15, -0.1) is 0 Å². The van der Waals surface area contributed by atoms with Crippen molar-refractivity contribution in [1.82, 2.24) is 0 Å². The van der Waals surface area contributed by atoms with Gasteiger partial charge in [0.05, 0.1) is 20.8 Å². The summed E-state index contributed by atoms with van der Waals surface area (Å²) in [6, 6.07) is 13.1. The minimum atomic E-state index is -3.85. The van der Waals surface area contributed by atoms with E-state index in [0.717, 1.165) is 19.3 Å². The molecular weight excluding hydrogens is 391 g/mol. The summed E-state index contributed by atoms with van der Waals surface area (Å²) in [4.78, 5) is 25.9. The molecular formula is C22H27O6P. The third kappa shape index (κ3) is 5.48. The lowest BCUT2D eigenvalue weighted by Crippen LogP contribution is -2.22. The third-order valence-electron chi connectivity index (χ3n) is 4.51. The number of methoxy groups -OCH3 is 2. The summed E-state index contributed by atoms with van der Waals surface area (Å²) in [6.45, 7) is 2.29. The molecule has 7 heteroatoms. The van der Waals surface area contributed by atoms with Gasteiger partial charge in [-0.3, -0.25) is 9.59 Å². The molecule has 6 nitrogen and oxygen atoms in total. The summed E-state index contributed by atoms with van der Waals surface area (Å²) in [5, 5.41) is 0.295. The maximum absolute atomic E-state index is 14.0. The fraction of sp³-hybridized carbons (Fsp3) is 0.364. The minimum Gasteiger partial charge on any atom is -0.496 e. The van der Waals surface area contributed by atoms with Crippen molar-refractivity contribution in [3.05, 3.63) is 54.1 Å². The molecule has 0 saturated carbocycles. The highest BCUT2D eigenvalue weighted by Crippen LogP contribution is 2.51. The van der Waals surface area contributed by atoms with Crippen LogP contribution in [-0.2, 0) is 14.1 Å². The van der Waals surface area contributed by atoms with Gasteiger partial charge in [-0.1, -0.05) is 56.2 Å². The van der Waals surface area contributed by atoms with Crippen molar-refractivity contribution in [3.63, 3.8) is 0 Å². The SMILES string of the molecule is CCCCCOC(=O)CP(=O)(C(=O)c1c(OC)cccc1OC)c1ccccc1. The first-order valence-electron chi connectivity index (χ1n) is 9.54. The van der Waals surface area contributed by atoms with Gasteiger partial charge in [-0.25, -0.2) is 0 Å². The summed E-state index contributed by atoms with van der Waals surface area (Å²) in [6.07, 6.45) is 2.14. The molecule has 2 rings (SSSR count). The van der Waals surface area contributed by atoms with Crippen LogP contribution < -0.4 is 14.8 Å². The van der Waals surface area contributed by atoms with Crippen LogP contribution in [-0.4, -0.2) is 38.5 Å². The lowest BCUT2D eigenvalue weighted by Gasteiger charge is -2.20. The molecule has 0 saturated heterocycles. The van der Waals surface area contributed by atoms with E-state index in [0.29, 0.717) is 5.30 Å². The Bertz CT molecular complexity index is 856. The Morgan fingerprint density at radius 1 is 0.897 bits per heavy atom. The van der Waals surface area contributed by atoms with E-state index in [-0.39, 0.29) is 23.7 Å². The maximum atomic E-state index is 14.0. The van der Waals surface area contributed by atoms with Gasteiger partial charge < -0.3 is 18.8 Å². The highest BCUT2D eigenvalue weighted by atomic mass is 31.2. The van der Waals surface area contributed by atoms with Gasteiger partial charge in [-0.05, 0) is 18.6 Å². The maximum Gasteiger partial charge on any atom is 0.314 e. The molecule has 0 radical (unpaired) electrons. The number of esters is 1. The van der Waals surface area contributed by atoms with E-state index in [1.807, 2.05) is 6.92 Å². The van der Waals surface area contributed by atoms with E-state index in [2.05, 4.69) is 0 Å². The Kier molecular flexibility index (Phi) is 8.47. The van der Waals surface area contributed by atoms with Gasteiger partial charge in [-0.2, -0.15) is 0 Å². The van der Waals surface area contributed by atoms with Crippen molar-refractivity contribution in [3.8, 4) is 11.5 Å². The van der Waals surface area contributed by atoms with E-state index < -0.39 is 24.8 Å². The van der Waals surface area contributed by atoms with Gasteiger partial charge in [0, 0.05) is 5.30 Å². The molecule has 2 aromatic rings. The molecule has 1 unspecified atom stereocenters. The smallest absolute Gasteiger partial charge is 0.314 e. The molecule has 0 spiro atoms. The Hall–Kier alpha value is -2.59. The fourth-order valence-corrected chi connectivity index (χ4v) is 5.21. The summed E-state index contributed by atoms with van der Waals surface area (Å²) < 4.78 is 29.8. The van der Waals surface area contributed by atoms with Crippen LogP contribution in [0.3, 0.4) is 0 Å². The number of hydrogen-bond acceptors (Lipinski definition) is 6. The summed E-state index contributed by atoms with van der Waals surface area (Å²) in [5.74, 6) is -0.181. The molecule has 29 heavy (non-hydrogen) atoms. The topological polar surface area (TPSA) is 78.9 Å². The van der Waals surface area contributed by atoms with E-state index in [9.17, 15) is 14.2 Å². The van der Waals surface area contributed by atoms with Gasteiger partial charge in [0.1, 0.15) is 23.2 Å². The number of benzene rings is 2. The largest absolute Gasteiger partial charge is 0.496 e. The normalized spacial score (nSPS) is 12.7. The Labute approximate surface area is 171 Å². The van der Waals surface area contributed by atoms with Crippen molar-refractivity contribution in [2.75, 3.05) is 27.0 Å². The minimum absolute atomic E-state index is 0.0588. The van der Waals surface area contributed by atoms with Crippen molar-refractivity contribution in [2.24, 2.45) is 0 Å². The first-order chi connectivity index (χ1) is 14.0.